The fraction of sp³-hybridized carbons (Fsp3) is 0.571. The van der Waals surface area contributed by atoms with E-state index < -0.39 is 5.97 Å². The molecular weight excluding hydrogens is 244 g/mol. The molecular formula is C14H20N2O3. The average molecular weight is 264 g/mol. The number of nitrogens with zero attached hydrogens (tertiary/aromatic N) is 2. The zero-order valence-electron chi connectivity index (χ0n) is 11.3. The van der Waals surface area contributed by atoms with Crippen molar-refractivity contribution >= 4 is 11.8 Å². The Balaban J connectivity index is 2.28. The van der Waals surface area contributed by atoms with Crippen LogP contribution in [0.25, 0.3) is 0 Å². The molecule has 2 heterocycles. The van der Waals surface area contributed by atoms with E-state index in [1.807, 2.05) is 13.8 Å². The maximum absolute atomic E-state index is 11.1. The molecule has 0 bridgehead atoms. The van der Waals surface area contributed by atoms with Crippen LogP contribution in [0.4, 0.5) is 5.82 Å². The van der Waals surface area contributed by atoms with Crippen LogP contribution in [0.1, 0.15) is 36.3 Å². The number of aliphatic hydroxyl groups is 1. The van der Waals surface area contributed by atoms with Crippen molar-refractivity contribution in [2.75, 3.05) is 18.0 Å². The first-order chi connectivity index (χ1) is 9.01. The summed E-state index contributed by atoms with van der Waals surface area (Å²) in [6, 6.07) is 3.24. The largest absolute Gasteiger partial charge is 0.478 e. The number of carboxylic acids is 1. The third-order valence-electron chi connectivity index (χ3n) is 3.66. The van der Waals surface area contributed by atoms with Gasteiger partial charge in [-0.1, -0.05) is 13.8 Å². The van der Waals surface area contributed by atoms with E-state index in [1.54, 1.807) is 12.1 Å². The summed E-state index contributed by atoms with van der Waals surface area (Å²) in [6.07, 6.45) is 1.13. The number of carbonyl (C=O) groups is 1. The fourth-order valence-electron chi connectivity index (χ4n) is 2.38. The van der Waals surface area contributed by atoms with Crippen molar-refractivity contribution in [3.05, 3.63) is 23.4 Å². The Morgan fingerprint density at radius 2 is 2.26 bits per heavy atom. The number of aliphatic hydroxyl groups excluding tert-OH is 1. The first kappa shape index (κ1) is 13.8. The maximum Gasteiger partial charge on any atom is 0.335 e. The lowest BCUT2D eigenvalue weighted by molar-refractivity contribution is 0.0696. The molecule has 104 valence electrons. The van der Waals surface area contributed by atoms with Crippen molar-refractivity contribution in [3.8, 4) is 0 Å². The van der Waals surface area contributed by atoms with Gasteiger partial charge in [-0.2, -0.15) is 0 Å². The van der Waals surface area contributed by atoms with Crippen LogP contribution in [0.15, 0.2) is 12.1 Å². The van der Waals surface area contributed by atoms with Crippen molar-refractivity contribution < 1.29 is 15.0 Å². The third kappa shape index (κ3) is 3.04. The summed E-state index contributed by atoms with van der Waals surface area (Å²) in [5, 5.41) is 18.9. The number of carboxylic acid groups (broad SMARTS) is 1. The number of anilines is 1. The highest BCUT2D eigenvalue weighted by Crippen LogP contribution is 2.23. The van der Waals surface area contributed by atoms with E-state index in [9.17, 15) is 9.90 Å². The highest BCUT2D eigenvalue weighted by Gasteiger charge is 2.25. The third-order valence-corrected chi connectivity index (χ3v) is 3.66. The Hall–Kier alpha value is -1.62. The van der Waals surface area contributed by atoms with E-state index >= 15 is 0 Å². The number of aromatic carboxylic acids is 1. The lowest BCUT2D eigenvalue weighted by atomic mass is 9.96. The van der Waals surface area contributed by atoms with Gasteiger partial charge in [0.15, 0.2) is 0 Å². The summed E-state index contributed by atoms with van der Waals surface area (Å²) in [7, 11) is 0. The molecule has 2 atom stereocenters. The van der Waals surface area contributed by atoms with Crippen LogP contribution in [0.3, 0.4) is 0 Å². The predicted octanol–water partition coefficient (Wildman–Crippen LogP) is 1.55. The molecule has 1 fully saturated rings. The van der Waals surface area contributed by atoms with E-state index in [2.05, 4.69) is 9.88 Å². The lowest BCUT2D eigenvalue weighted by Gasteiger charge is -2.35. The maximum atomic E-state index is 11.1. The van der Waals surface area contributed by atoms with Gasteiger partial charge < -0.3 is 15.1 Å². The zero-order chi connectivity index (χ0) is 14.0. The average Bonchev–Trinajstić information content (AvgIpc) is 2.41. The second kappa shape index (κ2) is 5.57. The van der Waals surface area contributed by atoms with Gasteiger partial charge in [0.05, 0.1) is 11.7 Å². The van der Waals surface area contributed by atoms with Gasteiger partial charge in [-0.25, -0.2) is 9.78 Å². The molecule has 2 unspecified atom stereocenters. The van der Waals surface area contributed by atoms with Crippen molar-refractivity contribution in [1.29, 1.82) is 0 Å². The Bertz CT molecular complexity index is 476. The number of aryl methyl sites for hydroxylation is 1. The molecule has 2 N–H and O–H groups in total. The molecule has 1 aliphatic heterocycles. The standard InChI is InChI=1S/C14H20N2O3/c1-3-11-6-10(14(18)19)7-13(15-11)16-5-4-12(17)9(2)8-16/h6-7,9,12,17H,3-5,8H2,1-2H3,(H,18,19). The van der Waals surface area contributed by atoms with Gasteiger partial charge in [-0.05, 0) is 30.9 Å². The second-order valence-electron chi connectivity index (χ2n) is 5.14. The Kier molecular flexibility index (Phi) is 4.04. The summed E-state index contributed by atoms with van der Waals surface area (Å²) in [5.41, 5.74) is 1.06. The van der Waals surface area contributed by atoms with E-state index in [4.69, 9.17) is 5.11 Å². The number of hydrogen-bond acceptors (Lipinski definition) is 4. The highest BCUT2D eigenvalue weighted by atomic mass is 16.4. The molecule has 0 radical (unpaired) electrons. The van der Waals surface area contributed by atoms with Crippen LogP contribution in [0.2, 0.25) is 0 Å². The molecule has 0 amide bonds. The van der Waals surface area contributed by atoms with Crippen molar-refractivity contribution in [2.45, 2.75) is 32.8 Å². The topological polar surface area (TPSA) is 73.7 Å². The van der Waals surface area contributed by atoms with Gasteiger partial charge in [-0.15, -0.1) is 0 Å². The van der Waals surface area contributed by atoms with Crippen LogP contribution in [-0.4, -0.2) is 40.4 Å². The Labute approximate surface area is 112 Å². The molecule has 1 aromatic heterocycles. The van der Waals surface area contributed by atoms with Gasteiger partial charge in [-0.3, -0.25) is 0 Å². The number of aromatic nitrogens is 1. The van der Waals surface area contributed by atoms with Crippen molar-refractivity contribution in [1.82, 2.24) is 4.98 Å². The SMILES string of the molecule is CCc1cc(C(=O)O)cc(N2CCC(O)C(C)C2)n1. The number of pyridine rings is 1. The van der Waals surface area contributed by atoms with Crippen LogP contribution < -0.4 is 4.90 Å². The molecule has 19 heavy (non-hydrogen) atoms. The first-order valence-electron chi connectivity index (χ1n) is 6.68. The van der Waals surface area contributed by atoms with Crippen LogP contribution in [0.5, 0.6) is 0 Å². The number of rotatable bonds is 3. The molecule has 1 saturated heterocycles. The van der Waals surface area contributed by atoms with E-state index in [0.29, 0.717) is 31.7 Å². The predicted molar refractivity (Wildman–Crippen MR) is 72.6 cm³/mol. The molecule has 1 aromatic rings. The van der Waals surface area contributed by atoms with Crippen LogP contribution in [-0.2, 0) is 6.42 Å². The molecule has 0 saturated carbocycles. The molecule has 1 aliphatic rings. The fourth-order valence-corrected chi connectivity index (χ4v) is 2.38. The number of hydrogen-bond donors (Lipinski definition) is 2. The Morgan fingerprint density at radius 3 is 2.84 bits per heavy atom. The molecule has 0 aliphatic carbocycles. The minimum absolute atomic E-state index is 0.175. The van der Waals surface area contributed by atoms with Gasteiger partial charge in [0.2, 0.25) is 0 Å². The van der Waals surface area contributed by atoms with Gasteiger partial charge >= 0.3 is 5.97 Å². The normalized spacial score (nSPS) is 23.4. The van der Waals surface area contributed by atoms with E-state index in [1.165, 1.54) is 0 Å². The molecule has 5 nitrogen and oxygen atoms in total. The molecule has 0 spiro atoms. The second-order valence-corrected chi connectivity index (χ2v) is 5.14. The van der Waals surface area contributed by atoms with Crippen molar-refractivity contribution in [3.63, 3.8) is 0 Å². The van der Waals surface area contributed by atoms with E-state index in [0.717, 1.165) is 5.69 Å². The number of piperidine rings is 1. The molecule has 2 rings (SSSR count). The van der Waals surface area contributed by atoms with Crippen LogP contribution >= 0.6 is 0 Å². The van der Waals surface area contributed by atoms with Crippen LogP contribution in [0, 0.1) is 5.92 Å². The van der Waals surface area contributed by atoms with Gasteiger partial charge in [0.1, 0.15) is 5.82 Å². The summed E-state index contributed by atoms with van der Waals surface area (Å²) < 4.78 is 0. The first-order valence-corrected chi connectivity index (χ1v) is 6.68. The highest BCUT2D eigenvalue weighted by molar-refractivity contribution is 5.88. The lowest BCUT2D eigenvalue weighted by Crippen LogP contribution is -2.42. The smallest absolute Gasteiger partial charge is 0.335 e. The summed E-state index contributed by atoms with van der Waals surface area (Å²) in [4.78, 5) is 17.7. The monoisotopic (exact) mass is 264 g/mol. The summed E-state index contributed by atoms with van der Waals surface area (Å²) in [6.45, 7) is 5.38. The quantitative estimate of drug-likeness (QED) is 0.866. The van der Waals surface area contributed by atoms with E-state index in [-0.39, 0.29) is 17.6 Å². The van der Waals surface area contributed by atoms with Gasteiger partial charge in [0, 0.05) is 18.8 Å². The van der Waals surface area contributed by atoms with Crippen molar-refractivity contribution in [2.24, 2.45) is 5.92 Å². The molecule has 5 heteroatoms. The Morgan fingerprint density at radius 1 is 1.53 bits per heavy atom. The molecule has 0 aromatic carbocycles. The van der Waals surface area contributed by atoms with Gasteiger partial charge in [0.25, 0.3) is 0 Å². The minimum atomic E-state index is -0.927. The minimum Gasteiger partial charge on any atom is -0.478 e. The zero-order valence-corrected chi connectivity index (χ0v) is 11.3. The summed E-state index contributed by atoms with van der Waals surface area (Å²) in [5.74, 6) is -0.0481. The summed E-state index contributed by atoms with van der Waals surface area (Å²) >= 11 is 0.